The lowest BCUT2D eigenvalue weighted by molar-refractivity contribution is -0.180. The van der Waals surface area contributed by atoms with Gasteiger partial charge in [-0.2, -0.15) is 0 Å². The zero-order chi connectivity index (χ0) is 30.6. The Morgan fingerprint density at radius 1 is 0.585 bits per heavy atom. The molecule has 0 aromatic heterocycles. The standard InChI is InChI=1S/C35H54O6/c1-9-31(7,28(37)40-34(11-3)21-15-16-22-34)26-32(8,29(38)41-35(12-4)23-17-18-24-35)25-30(5,6)27(36)39-33(10-2)19-13-14-20-33/h10-12H,2-4,9,13-26H2,1,5-8H3. The topological polar surface area (TPSA) is 78.9 Å². The van der Waals surface area contributed by atoms with Gasteiger partial charge in [0.1, 0.15) is 16.8 Å². The van der Waals surface area contributed by atoms with Crippen LogP contribution in [0.15, 0.2) is 38.0 Å². The molecule has 0 saturated heterocycles. The largest absolute Gasteiger partial charge is 0.454 e. The summed E-state index contributed by atoms with van der Waals surface area (Å²) >= 11 is 0. The van der Waals surface area contributed by atoms with Crippen molar-refractivity contribution in [2.24, 2.45) is 16.2 Å². The van der Waals surface area contributed by atoms with E-state index in [1.807, 2.05) is 34.6 Å². The van der Waals surface area contributed by atoms with Crippen LogP contribution in [0.1, 0.15) is 131 Å². The summed E-state index contributed by atoms with van der Waals surface area (Å²) in [6.07, 6.45) is 16.4. The number of carbonyl (C=O) groups excluding carboxylic acids is 3. The molecular weight excluding hydrogens is 516 g/mol. The fourth-order valence-corrected chi connectivity index (χ4v) is 7.36. The van der Waals surface area contributed by atoms with Crippen molar-refractivity contribution in [3.63, 3.8) is 0 Å². The summed E-state index contributed by atoms with van der Waals surface area (Å²) in [5.41, 5.74) is -5.21. The number of rotatable bonds is 14. The summed E-state index contributed by atoms with van der Waals surface area (Å²) in [6.45, 7) is 21.1. The molecule has 2 atom stereocenters. The third kappa shape index (κ3) is 7.17. The molecule has 0 spiro atoms. The molecule has 230 valence electrons. The molecule has 3 saturated carbocycles. The van der Waals surface area contributed by atoms with E-state index in [0.717, 1.165) is 77.0 Å². The minimum atomic E-state index is -1.17. The highest BCUT2D eigenvalue weighted by molar-refractivity contribution is 5.83. The van der Waals surface area contributed by atoms with Gasteiger partial charge in [-0.1, -0.05) is 26.7 Å². The van der Waals surface area contributed by atoms with Gasteiger partial charge in [0, 0.05) is 0 Å². The molecule has 0 aromatic carbocycles. The SMILES string of the molecule is C=CC1(OC(=O)C(C)(C)CC(C)(CC(C)(CC)C(=O)OC2(C=C)CCCC2)C(=O)OC2(C=C)CCCC2)CCCC1. The maximum atomic E-state index is 14.2. The normalized spacial score (nSPS) is 23.9. The Bertz CT molecular complexity index is 1010. The van der Waals surface area contributed by atoms with E-state index in [-0.39, 0.29) is 24.8 Å². The number of hydrogen-bond acceptors (Lipinski definition) is 6. The monoisotopic (exact) mass is 570 g/mol. The summed E-state index contributed by atoms with van der Waals surface area (Å²) in [5.74, 6) is -1.11. The van der Waals surface area contributed by atoms with Gasteiger partial charge in [-0.25, -0.2) is 0 Å². The van der Waals surface area contributed by atoms with Crippen molar-refractivity contribution < 1.29 is 28.6 Å². The second-order valence-electron chi connectivity index (χ2n) is 14.3. The molecular formula is C35H54O6. The van der Waals surface area contributed by atoms with Gasteiger partial charge in [0.25, 0.3) is 0 Å². The molecule has 2 unspecified atom stereocenters. The first-order chi connectivity index (χ1) is 19.2. The molecule has 0 amide bonds. The van der Waals surface area contributed by atoms with Crippen LogP contribution in [0.4, 0.5) is 0 Å². The Labute approximate surface area is 248 Å². The third-order valence-electron chi connectivity index (χ3n) is 10.3. The minimum Gasteiger partial charge on any atom is -0.454 e. The fraction of sp³-hybridized carbons (Fsp3) is 0.743. The van der Waals surface area contributed by atoms with E-state index in [4.69, 9.17) is 14.2 Å². The zero-order valence-electron chi connectivity index (χ0n) is 26.4. The second-order valence-corrected chi connectivity index (χ2v) is 14.3. The molecule has 0 N–H and O–H groups in total. The molecule has 3 aliphatic rings. The summed E-state index contributed by atoms with van der Waals surface area (Å²) in [4.78, 5) is 41.8. The lowest BCUT2D eigenvalue weighted by atomic mass is 9.65. The van der Waals surface area contributed by atoms with Crippen LogP contribution in [-0.2, 0) is 28.6 Å². The van der Waals surface area contributed by atoms with Gasteiger partial charge >= 0.3 is 17.9 Å². The summed E-state index contributed by atoms with van der Waals surface area (Å²) in [5, 5.41) is 0. The molecule has 3 fully saturated rings. The van der Waals surface area contributed by atoms with E-state index in [1.165, 1.54) is 0 Å². The molecule has 0 aliphatic heterocycles. The Kier molecular flexibility index (Phi) is 10.1. The van der Waals surface area contributed by atoms with Gasteiger partial charge in [-0.3, -0.25) is 14.4 Å². The van der Waals surface area contributed by atoms with Crippen molar-refractivity contribution in [1.29, 1.82) is 0 Å². The minimum absolute atomic E-state index is 0.160. The van der Waals surface area contributed by atoms with Crippen molar-refractivity contribution in [3.05, 3.63) is 38.0 Å². The maximum Gasteiger partial charge on any atom is 0.312 e. The predicted molar refractivity (Wildman–Crippen MR) is 162 cm³/mol. The van der Waals surface area contributed by atoms with Crippen LogP contribution < -0.4 is 0 Å². The highest BCUT2D eigenvalue weighted by atomic mass is 16.6. The zero-order valence-corrected chi connectivity index (χ0v) is 26.4. The van der Waals surface area contributed by atoms with E-state index in [9.17, 15) is 14.4 Å². The summed E-state index contributed by atoms with van der Waals surface area (Å²) in [6, 6.07) is 0. The smallest absolute Gasteiger partial charge is 0.312 e. The van der Waals surface area contributed by atoms with Gasteiger partial charge in [0.15, 0.2) is 0 Å². The maximum absolute atomic E-state index is 14.2. The third-order valence-corrected chi connectivity index (χ3v) is 10.3. The van der Waals surface area contributed by atoms with E-state index in [0.29, 0.717) is 6.42 Å². The predicted octanol–water partition coefficient (Wildman–Crippen LogP) is 8.34. The summed E-state index contributed by atoms with van der Waals surface area (Å²) in [7, 11) is 0. The van der Waals surface area contributed by atoms with Crippen molar-refractivity contribution in [1.82, 2.24) is 0 Å². The molecule has 0 heterocycles. The van der Waals surface area contributed by atoms with E-state index in [1.54, 1.807) is 18.2 Å². The number of carbonyl (C=O) groups is 3. The van der Waals surface area contributed by atoms with E-state index >= 15 is 0 Å². The molecule has 3 aliphatic carbocycles. The molecule has 0 radical (unpaired) electrons. The lowest BCUT2D eigenvalue weighted by Gasteiger charge is -2.42. The van der Waals surface area contributed by atoms with Crippen LogP contribution in [0, 0.1) is 16.2 Å². The molecule has 0 bridgehead atoms. The Morgan fingerprint density at radius 3 is 1.22 bits per heavy atom. The highest BCUT2D eigenvalue weighted by Crippen LogP contribution is 2.49. The Morgan fingerprint density at radius 2 is 0.902 bits per heavy atom. The number of ether oxygens (including phenoxy) is 3. The van der Waals surface area contributed by atoms with Crippen molar-refractivity contribution in [3.8, 4) is 0 Å². The summed E-state index contributed by atoms with van der Waals surface area (Å²) < 4.78 is 18.5. The quantitative estimate of drug-likeness (QED) is 0.119. The van der Waals surface area contributed by atoms with Gasteiger partial charge < -0.3 is 14.2 Å². The van der Waals surface area contributed by atoms with E-state index in [2.05, 4.69) is 19.7 Å². The van der Waals surface area contributed by atoms with Gasteiger partial charge in [-0.05, 0) is 142 Å². The first-order valence-corrected chi connectivity index (χ1v) is 15.8. The fourth-order valence-electron chi connectivity index (χ4n) is 7.36. The van der Waals surface area contributed by atoms with Crippen LogP contribution >= 0.6 is 0 Å². The molecule has 0 aromatic rings. The first kappa shape index (κ1) is 33.1. The average molecular weight is 571 g/mol. The molecule has 41 heavy (non-hydrogen) atoms. The van der Waals surface area contributed by atoms with Crippen LogP contribution in [0.5, 0.6) is 0 Å². The van der Waals surface area contributed by atoms with Crippen molar-refractivity contribution >= 4 is 17.9 Å². The van der Waals surface area contributed by atoms with Crippen molar-refractivity contribution in [2.75, 3.05) is 0 Å². The van der Waals surface area contributed by atoms with E-state index < -0.39 is 39.0 Å². The first-order valence-electron chi connectivity index (χ1n) is 15.8. The highest BCUT2D eigenvalue weighted by Gasteiger charge is 2.53. The average Bonchev–Trinajstić information content (AvgIpc) is 3.70. The lowest BCUT2D eigenvalue weighted by Crippen LogP contribution is -2.48. The van der Waals surface area contributed by atoms with Crippen LogP contribution in [0.3, 0.4) is 0 Å². The van der Waals surface area contributed by atoms with Crippen LogP contribution in [0.2, 0.25) is 0 Å². The molecule has 3 rings (SSSR count). The Balaban J connectivity index is 1.93. The Hall–Kier alpha value is -2.37. The molecule has 6 heteroatoms. The van der Waals surface area contributed by atoms with Crippen molar-refractivity contribution in [2.45, 2.75) is 148 Å². The van der Waals surface area contributed by atoms with Gasteiger partial charge in [0.2, 0.25) is 0 Å². The van der Waals surface area contributed by atoms with Crippen LogP contribution in [-0.4, -0.2) is 34.7 Å². The van der Waals surface area contributed by atoms with Crippen LogP contribution in [0.25, 0.3) is 0 Å². The number of hydrogen-bond donors (Lipinski definition) is 0. The van der Waals surface area contributed by atoms with Gasteiger partial charge in [-0.15, -0.1) is 0 Å². The van der Waals surface area contributed by atoms with Gasteiger partial charge in [0.05, 0.1) is 16.2 Å². The number of esters is 3. The second kappa shape index (κ2) is 12.5. The molecule has 6 nitrogen and oxygen atoms in total.